The maximum Gasteiger partial charge on any atom is 0.407 e. The summed E-state index contributed by atoms with van der Waals surface area (Å²) in [6, 6.07) is 21.4. The number of piperazine rings is 1. The van der Waals surface area contributed by atoms with Crippen molar-refractivity contribution in [3.8, 4) is 0 Å². The van der Waals surface area contributed by atoms with Crippen LogP contribution in [0, 0.1) is 5.41 Å². The highest BCUT2D eigenvalue weighted by Crippen LogP contribution is 2.43. The SMILES string of the molecule is CC(C)(CC1CN(Cc2ccccc2)CCN1Cc1ccccc1)C1(O)CN(C(=O)O)C1. The Morgan fingerprint density at radius 3 is 2.09 bits per heavy atom. The van der Waals surface area contributed by atoms with E-state index in [2.05, 4.69) is 72.2 Å². The molecule has 1 unspecified atom stereocenters. The molecule has 2 aromatic carbocycles. The average molecular weight is 438 g/mol. The van der Waals surface area contributed by atoms with Crippen molar-refractivity contribution in [2.75, 3.05) is 32.7 Å². The quantitative estimate of drug-likeness (QED) is 0.694. The third kappa shape index (κ3) is 4.98. The molecule has 2 heterocycles. The molecular formula is C26H35N3O3. The molecule has 2 N–H and O–H groups in total. The van der Waals surface area contributed by atoms with Gasteiger partial charge in [-0.2, -0.15) is 0 Å². The molecule has 0 aromatic heterocycles. The number of nitrogens with zero attached hydrogens (tertiary/aromatic N) is 3. The van der Waals surface area contributed by atoms with E-state index in [0.29, 0.717) is 0 Å². The van der Waals surface area contributed by atoms with Crippen LogP contribution in [0.2, 0.25) is 0 Å². The lowest BCUT2D eigenvalue weighted by atomic mass is 9.66. The topological polar surface area (TPSA) is 67.2 Å². The monoisotopic (exact) mass is 437 g/mol. The molecule has 6 heteroatoms. The number of aliphatic hydroxyl groups is 1. The van der Waals surface area contributed by atoms with Crippen LogP contribution in [0.25, 0.3) is 0 Å². The van der Waals surface area contributed by atoms with E-state index in [-0.39, 0.29) is 19.1 Å². The molecule has 1 amide bonds. The van der Waals surface area contributed by atoms with Crippen molar-refractivity contribution < 1.29 is 15.0 Å². The largest absolute Gasteiger partial charge is 0.465 e. The second-order valence-electron chi connectivity index (χ2n) is 10.1. The lowest BCUT2D eigenvalue weighted by Crippen LogP contribution is -2.70. The predicted octanol–water partition coefficient (Wildman–Crippen LogP) is 3.51. The highest BCUT2D eigenvalue weighted by Gasteiger charge is 2.54. The maximum atomic E-state index is 11.3. The molecule has 0 saturated carbocycles. The summed E-state index contributed by atoms with van der Waals surface area (Å²) >= 11 is 0. The van der Waals surface area contributed by atoms with Crippen LogP contribution in [-0.4, -0.2) is 75.4 Å². The van der Waals surface area contributed by atoms with Crippen LogP contribution >= 0.6 is 0 Å². The minimum atomic E-state index is -0.981. The van der Waals surface area contributed by atoms with Crippen molar-refractivity contribution in [2.24, 2.45) is 5.41 Å². The van der Waals surface area contributed by atoms with Gasteiger partial charge in [-0.15, -0.1) is 0 Å². The molecule has 0 aliphatic carbocycles. The molecule has 1 atom stereocenters. The number of β-amino-alcohol motifs (C(OH)–C–C–N with tert-alkyl or cyclic N) is 1. The molecule has 6 nitrogen and oxygen atoms in total. The summed E-state index contributed by atoms with van der Waals surface area (Å²) in [6.45, 7) is 9.28. The number of carboxylic acid groups (broad SMARTS) is 1. The summed E-state index contributed by atoms with van der Waals surface area (Å²) in [7, 11) is 0. The van der Waals surface area contributed by atoms with Gasteiger partial charge in [-0.1, -0.05) is 74.5 Å². The molecule has 2 aromatic rings. The van der Waals surface area contributed by atoms with E-state index >= 15 is 0 Å². The number of amides is 1. The zero-order valence-corrected chi connectivity index (χ0v) is 19.2. The van der Waals surface area contributed by atoms with E-state index in [0.717, 1.165) is 39.1 Å². The Hall–Kier alpha value is -2.41. The van der Waals surface area contributed by atoms with Crippen LogP contribution in [0.1, 0.15) is 31.4 Å². The van der Waals surface area contributed by atoms with Gasteiger partial charge in [-0.05, 0) is 23.0 Å². The summed E-state index contributed by atoms with van der Waals surface area (Å²) in [5.41, 5.74) is 1.24. The Balaban J connectivity index is 1.48. The fourth-order valence-electron chi connectivity index (χ4n) is 5.09. The van der Waals surface area contributed by atoms with Gasteiger partial charge in [0.15, 0.2) is 0 Å². The van der Waals surface area contributed by atoms with Crippen molar-refractivity contribution >= 4 is 6.09 Å². The van der Waals surface area contributed by atoms with E-state index < -0.39 is 17.1 Å². The molecular weight excluding hydrogens is 402 g/mol. The first-order chi connectivity index (χ1) is 15.3. The van der Waals surface area contributed by atoms with Crippen LogP contribution in [0.4, 0.5) is 4.79 Å². The van der Waals surface area contributed by atoms with Gasteiger partial charge in [0.1, 0.15) is 5.60 Å². The molecule has 172 valence electrons. The van der Waals surface area contributed by atoms with E-state index in [4.69, 9.17) is 0 Å². The molecule has 0 radical (unpaired) electrons. The summed E-state index contributed by atoms with van der Waals surface area (Å²) < 4.78 is 0. The molecule has 2 aliphatic heterocycles. The Bertz CT molecular complexity index is 897. The summed E-state index contributed by atoms with van der Waals surface area (Å²) in [4.78, 5) is 17.6. The van der Waals surface area contributed by atoms with E-state index in [1.807, 2.05) is 12.1 Å². The van der Waals surface area contributed by atoms with Gasteiger partial charge >= 0.3 is 6.09 Å². The van der Waals surface area contributed by atoms with Gasteiger partial charge in [0.25, 0.3) is 0 Å². The third-order valence-corrected chi connectivity index (χ3v) is 7.35. The number of hydrogen-bond donors (Lipinski definition) is 2. The Labute approximate surface area is 191 Å². The predicted molar refractivity (Wildman–Crippen MR) is 125 cm³/mol. The zero-order valence-electron chi connectivity index (χ0n) is 19.2. The first-order valence-corrected chi connectivity index (χ1v) is 11.5. The van der Waals surface area contributed by atoms with E-state index in [1.165, 1.54) is 16.0 Å². The molecule has 2 fully saturated rings. The number of benzene rings is 2. The van der Waals surface area contributed by atoms with Crippen LogP contribution < -0.4 is 0 Å². The third-order valence-electron chi connectivity index (χ3n) is 7.35. The van der Waals surface area contributed by atoms with Crippen LogP contribution in [0.15, 0.2) is 60.7 Å². The normalized spacial score (nSPS) is 21.8. The van der Waals surface area contributed by atoms with Gasteiger partial charge in [0.05, 0.1) is 13.1 Å². The van der Waals surface area contributed by atoms with Crippen molar-refractivity contribution in [3.05, 3.63) is 71.8 Å². The zero-order chi connectivity index (χ0) is 22.8. The summed E-state index contributed by atoms with van der Waals surface area (Å²) in [5, 5.41) is 20.5. The number of hydrogen-bond acceptors (Lipinski definition) is 4. The molecule has 4 rings (SSSR count). The average Bonchev–Trinajstić information content (AvgIpc) is 2.74. The van der Waals surface area contributed by atoms with Crippen molar-refractivity contribution in [2.45, 2.75) is 45.0 Å². The van der Waals surface area contributed by atoms with Gasteiger partial charge in [-0.3, -0.25) is 9.80 Å². The van der Waals surface area contributed by atoms with E-state index in [9.17, 15) is 15.0 Å². The van der Waals surface area contributed by atoms with Crippen molar-refractivity contribution in [1.29, 1.82) is 0 Å². The lowest BCUT2D eigenvalue weighted by molar-refractivity contribution is -0.166. The first-order valence-electron chi connectivity index (χ1n) is 11.5. The Morgan fingerprint density at radius 2 is 1.53 bits per heavy atom. The minimum absolute atomic E-state index is 0.189. The second kappa shape index (κ2) is 9.22. The fraction of sp³-hybridized carbons (Fsp3) is 0.500. The van der Waals surface area contributed by atoms with Crippen LogP contribution in [0.3, 0.4) is 0 Å². The highest BCUT2D eigenvalue weighted by atomic mass is 16.4. The molecule has 32 heavy (non-hydrogen) atoms. The maximum absolute atomic E-state index is 11.3. The number of carbonyl (C=O) groups is 1. The molecule has 2 aliphatic rings. The summed E-state index contributed by atoms with van der Waals surface area (Å²) in [6.07, 6.45) is -0.141. The van der Waals surface area contributed by atoms with E-state index in [1.54, 1.807) is 0 Å². The first kappa shape index (κ1) is 22.8. The highest BCUT2D eigenvalue weighted by molar-refractivity contribution is 5.66. The van der Waals surface area contributed by atoms with Crippen LogP contribution in [-0.2, 0) is 13.1 Å². The Morgan fingerprint density at radius 1 is 0.969 bits per heavy atom. The minimum Gasteiger partial charge on any atom is -0.465 e. The van der Waals surface area contributed by atoms with Gasteiger partial charge in [0.2, 0.25) is 0 Å². The van der Waals surface area contributed by atoms with Crippen molar-refractivity contribution in [1.82, 2.24) is 14.7 Å². The number of rotatable bonds is 7. The van der Waals surface area contributed by atoms with Gasteiger partial charge < -0.3 is 15.1 Å². The smallest absolute Gasteiger partial charge is 0.407 e. The standard InChI is InChI=1S/C26H35N3O3/c1-25(2,26(32)19-29(20-26)24(30)31)15-23-18-27(16-21-9-5-3-6-10-21)13-14-28(23)17-22-11-7-4-8-12-22/h3-12,23,32H,13-20H2,1-2H3,(H,30,31). The molecule has 0 spiro atoms. The summed E-state index contributed by atoms with van der Waals surface area (Å²) in [5.74, 6) is 0. The lowest BCUT2D eigenvalue weighted by Gasteiger charge is -2.55. The van der Waals surface area contributed by atoms with Crippen LogP contribution in [0.5, 0.6) is 0 Å². The number of likely N-dealkylation sites (tertiary alicyclic amines) is 1. The fourth-order valence-corrected chi connectivity index (χ4v) is 5.09. The molecule has 0 bridgehead atoms. The van der Waals surface area contributed by atoms with Gasteiger partial charge in [0, 0.05) is 38.8 Å². The molecule has 2 saturated heterocycles. The Kier molecular flexibility index (Phi) is 6.56. The second-order valence-corrected chi connectivity index (χ2v) is 10.1. The van der Waals surface area contributed by atoms with Gasteiger partial charge in [-0.25, -0.2) is 4.79 Å². The van der Waals surface area contributed by atoms with Crippen molar-refractivity contribution in [3.63, 3.8) is 0 Å².